The van der Waals surface area contributed by atoms with Crippen LogP contribution in [0.4, 0.5) is 0 Å². The van der Waals surface area contributed by atoms with Gasteiger partial charge in [-0.1, -0.05) is 31.6 Å². The van der Waals surface area contributed by atoms with Gasteiger partial charge < -0.3 is 10.0 Å². The van der Waals surface area contributed by atoms with Gasteiger partial charge in [0.2, 0.25) is 5.91 Å². The summed E-state index contributed by atoms with van der Waals surface area (Å²) in [6, 6.07) is 0. The maximum atomic E-state index is 12.0. The van der Waals surface area contributed by atoms with Crippen LogP contribution in [-0.4, -0.2) is 40.0 Å². The molecule has 0 aliphatic heterocycles. The molecule has 1 aromatic heterocycles. The number of rotatable bonds is 7. The number of hydrogen-bond donors (Lipinski definition) is 1. The Morgan fingerprint density at radius 2 is 2.00 bits per heavy atom. The standard InChI is InChI=1S/C13H20N2O4S/c1-4-6-7-14(3)10(16)8-15-9(5-2)11(12(17)18)20-13(15)19/h4-8H2,1-3H3,(H,17,18). The van der Waals surface area contributed by atoms with Crippen LogP contribution in [0.3, 0.4) is 0 Å². The molecule has 0 aromatic carbocycles. The molecule has 0 spiro atoms. The molecular weight excluding hydrogens is 280 g/mol. The van der Waals surface area contributed by atoms with Crippen molar-refractivity contribution >= 4 is 23.2 Å². The number of aromatic carboxylic acids is 1. The first-order chi connectivity index (χ1) is 9.42. The average molecular weight is 300 g/mol. The highest BCUT2D eigenvalue weighted by Gasteiger charge is 2.21. The first-order valence-electron chi connectivity index (χ1n) is 6.62. The van der Waals surface area contributed by atoms with E-state index in [0.717, 1.165) is 12.8 Å². The summed E-state index contributed by atoms with van der Waals surface area (Å²) in [5.41, 5.74) is 0.421. The van der Waals surface area contributed by atoms with Gasteiger partial charge in [-0.15, -0.1) is 0 Å². The number of thiazole rings is 1. The van der Waals surface area contributed by atoms with Crippen molar-refractivity contribution in [2.75, 3.05) is 13.6 Å². The molecule has 0 radical (unpaired) electrons. The summed E-state index contributed by atoms with van der Waals surface area (Å²) in [7, 11) is 1.69. The van der Waals surface area contributed by atoms with Crippen molar-refractivity contribution in [1.29, 1.82) is 0 Å². The van der Waals surface area contributed by atoms with Crippen molar-refractivity contribution in [2.45, 2.75) is 39.7 Å². The lowest BCUT2D eigenvalue weighted by Gasteiger charge is -2.17. The Balaban J connectivity index is 2.95. The Hall–Kier alpha value is -1.63. The molecule has 20 heavy (non-hydrogen) atoms. The minimum atomic E-state index is -1.12. The molecule has 112 valence electrons. The predicted molar refractivity (Wildman–Crippen MR) is 77.5 cm³/mol. The zero-order chi connectivity index (χ0) is 15.3. The number of carboxylic acid groups (broad SMARTS) is 1. The molecule has 1 N–H and O–H groups in total. The van der Waals surface area contributed by atoms with Crippen molar-refractivity contribution in [3.63, 3.8) is 0 Å². The molecule has 1 aromatic rings. The van der Waals surface area contributed by atoms with Gasteiger partial charge in [0.05, 0.1) is 0 Å². The molecule has 1 amide bonds. The number of nitrogens with zero attached hydrogens (tertiary/aromatic N) is 2. The van der Waals surface area contributed by atoms with Gasteiger partial charge in [0.15, 0.2) is 0 Å². The van der Waals surface area contributed by atoms with Gasteiger partial charge in [0, 0.05) is 19.3 Å². The van der Waals surface area contributed by atoms with E-state index in [4.69, 9.17) is 5.11 Å². The van der Waals surface area contributed by atoms with Gasteiger partial charge in [0.25, 0.3) is 0 Å². The Bertz CT molecular complexity index is 547. The Kier molecular flexibility index (Phi) is 5.94. The van der Waals surface area contributed by atoms with E-state index in [-0.39, 0.29) is 17.3 Å². The third-order valence-corrected chi connectivity index (χ3v) is 4.10. The van der Waals surface area contributed by atoms with E-state index < -0.39 is 10.8 Å². The minimum Gasteiger partial charge on any atom is -0.477 e. The lowest BCUT2D eigenvalue weighted by Crippen LogP contribution is -2.33. The van der Waals surface area contributed by atoms with Crippen LogP contribution in [-0.2, 0) is 17.8 Å². The molecule has 0 saturated carbocycles. The number of likely N-dealkylation sites (N-methyl/N-ethyl adjacent to an activating group) is 1. The van der Waals surface area contributed by atoms with E-state index in [1.54, 1.807) is 18.9 Å². The van der Waals surface area contributed by atoms with E-state index in [9.17, 15) is 14.4 Å². The van der Waals surface area contributed by atoms with E-state index >= 15 is 0 Å². The molecule has 0 unspecified atom stereocenters. The number of aromatic nitrogens is 1. The molecular formula is C13H20N2O4S. The molecule has 6 nitrogen and oxygen atoms in total. The van der Waals surface area contributed by atoms with E-state index in [0.29, 0.717) is 30.0 Å². The summed E-state index contributed by atoms with van der Waals surface area (Å²) in [6.45, 7) is 4.36. The summed E-state index contributed by atoms with van der Waals surface area (Å²) >= 11 is 0.682. The van der Waals surface area contributed by atoms with E-state index in [2.05, 4.69) is 0 Å². The van der Waals surface area contributed by atoms with Crippen molar-refractivity contribution in [3.8, 4) is 0 Å². The molecule has 0 fully saturated rings. The third kappa shape index (κ3) is 3.69. The fraction of sp³-hybridized carbons (Fsp3) is 0.615. The molecule has 7 heteroatoms. The smallest absolute Gasteiger partial charge is 0.347 e. The number of amides is 1. The number of carboxylic acids is 1. The lowest BCUT2D eigenvalue weighted by atomic mass is 10.3. The summed E-state index contributed by atoms with van der Waals surface area (Å²) in [5.74, 6) is -1.29. The number of carbonyl (C=O) groups excluding carboxylic acids is 1. The van der Waals surface area contributed by atoms with Gasteiger partial charge >= 0.3 is 10.8 Å². The number of carbonyl (C=O) groups is 2. The monoisotopic (exact) mass is 300 g/mol. The topological polar surface area (TPSA) is 79.6 Å². The van der Waals surface area contributed by atoms with Gasteiger partial charge in [-0.3, -0.25) is 14.2 Å². The maximum Gasteiger partial charge on any atom is 0.347 e. The van der Waals surface area contributed by atoms with Crippen LogP contribution in [0.1, 0.15) is 42.1 Å². The zero-order valence-corrected chi connectivity index (χ0v) is 12.8. The molecule has 0 saturated heterocycles. The first-order valence-corrected chi connectivity index (χ1v) is 7.43. The largest absolute Gasteiger partial charge is 0.477 e. The van der Waals surface area contributed by atoms with Crippen LogP contribution in [0.15, 0.2) is 4.79 Å². The fourth-order valence-electron chi connectivity index (χ4n) is 1.89. The van der Waals surface area contributed by atoms with Crippen LogP contribution in [0, 0.1) is 0 Å². The number of hydrogen-bond acceptors (Lipinski definition) is 4. The summed E-state index contributed by atoms with van der Waals surface area (Å²) in [4.78, 5) is 36.2. The second-order valence-electron chi connectivity index (χ2n) is 4.56. The maximum absolute atomic E-state index is 12.0. The highest BCUT2D eigenvalue weighted by molar-refractivity contribution is 7.11. The molecule has 0 aliphatic carbocycles. The molecule has 0 aliphatic rings. The van der Waals surface area contributed by atoms with Crippen molar-refractivity contribution < 1.29 is 14.7 Å². The Labute approximate surface area is 121 Å². The molecule has 1 heterocycles. The van der Waals surface area contributed by atoms with Crippen LogP contribution in [0.2, 0.25) is 0 Å². The Morgan fingerprint density at radius 1 is 1.35 bits per heavy atom. The number of unbranched alkanes of at least 4 members (excludes halogenated alkanes) is 1. The second kappa shape index (κ2) is 7.23. The van der Waals surface area contributed by atoms with Gasteiger partial charge in [0.1, 0.15) is 11.4 Å². The summed E-state index contributed by atoms with van der Waals surface area (Å²) in [5, 5.41) is 9.06. The average Bonchev–Trinajstić information content (AvgIpc) is 2.72. The Morgan fingerprint density at radius 3 is 2.50 bits per heavy atom. The van der Waals surface area contributed by atoms with Crippen LogP contribution < -0.4 is 4.87 Å². The summed E-state index contributed by atoms with van der Waals surface area (Å²) < 4.78 is 1.28. The minimum absolute atomic E-state index is 0.0292. The van der Waals surface area contributed by atoms with Gasteiger partial charge in [-0.2, -0.15) is 0 Å². The van der Waals surface area contributed by atoms with Crippen LogP contribution >= 0.6 is 11.3 Å². The molecule has 0 atom stereocenters. The van der Waals surface area contributed by atoms with Crippen molar-refractivity contribution in [2.24, 2.45) is 0 Å². The van der Waals surface area contributed by atoms with Crippen LogP contribution in [0.25, 0.3) is 0 Å². The van der Waals surface area contributed by atoms with Crippen molar-refractivity contribution in [3.05, 3.63) is 20.2 Å². The quantitative estimate of drug-likeness (QED) is 0.826. The van der Waals surface area contributed by atoms with E-state index in [1.807, 2.05) is 6.92 Å². The highest BCUT2D eigenvalue weighted by Crippen LogP contribution is 2.14. The predicted octanol–water partition coefficient (Wildman–Crippen LogP) is 1.43. The van der Waals surface area contributed by atoms with E-state index in [1.165, 1.54) is 4.57 Å². The normalized spacial score (nSPS) is 10.6. The SMILES string of the molecule is CCCCN(C)C(=O)Cn1c(CC)c(C(=O)O)sc1=O. The van der Waals surface area contributed by atoms with Crippen molar-refractivity contribution in [1.82, 2.24) is 9.47 Å². The molecule has 1 rings (SSSR count). The lowest BCUT2D eigenvalue weighted by molar-refractivity contribution is -0.130. The first kappa shape index (κ1) is 16.4. The molecule has 0 bridgehead atoms. The van der Waals surface area contributed by atoms with Gasteiger partial charge in [-0.25, -0.2) is 4.79 Å². The highest BCUT2D eigenvalue weighted by atomic mass is 32.1. The zero-order valence-electron chi connectivity index (χ0n) is 12.0. The van der Waals surface area contributed by atoms with Gasteiger partial charge in [-0.05, 0) is 12.8 Å². The third-order valence-electron chi connectivity index (χ3n) is 3.09. The fourth-order valence-corrected chi connectivity index (χ4v) is 2.81. The van der Waals surface area contributed by atoms with Crippen LogP contribution in [0.5, 0.6) is 0 Å². The summed E-state index contributed by atoms with van der Waals surface area (Å²) in [6.07, 6.45) is 2.30. The second-order valence-corrected chi connectivity index (χ2v) is 5.52.